The van der Waals surface area contributed by atoms with E-state index in [1.165, 1.54) is 25.3 Å². The molecule has 1 saturated heterocycles. The summed E-state index contributed by atoms with van der Waals surface area (Å²) in [6.45, 7) is -0.668. The van der Waals surface area contributed by atoms with E-state index in [0.717, 1.165) is 4.90 Å². The fraction of sp³-hybridized carbons (Fsp3) is 0.143. The number of amides is 4. The number of nitrogens with zero attached hydrogens (tertiary/aromatic N) is 1. The topological polar surface area (TPSA) is 116 Å². The molecule has 0 aromatic heterocycles. The van der Waals surface area contributed by atoms with E-state index in [-0.39, 0.29) is 11.3 Å². The molecule has 0 radical (unpaired) electrons. The van der Waals surface area contributed by atoms with Crippen molar-refractivity contribution in [1.82, 2.24) is 10.2 Å². The maximum absolute atomic E-state index is 12.0. The number of benzene rings is 1. The Labute approximate surface area is 125 Å². The molecule has 2 rings (SSSR count). The Balaban J connectivity index is 2.36. The number of aliphatic carboxylic acids is 1. The van der Waals surface area contributed by atoms with Gasteiger partial charge in [-0.3, -0.25) is 19.8 Å². The van der Waals surface area contributed by atoms with Crippen molar-refractivity contribution in [3.63, 3.8) is 0 Å². The van der Waals surface area contributed by atoms with Crippen LogP contribution in [0, 0.1) is 0 Å². The van der Waals surface area contributed by atoms with Crippen molar-refractivity contribution in [3.05, 3.63) is 35.4 Å². The largest absolute Gasteiger partial charge is 0.546 e. The molecule has 8 heteroatoms. The molecule has 0 saturated carbocycles. The van der Waals surface area contributed by atoms with Crippen LogP contribution in [0.2, 0.25) is 0 Å². The molecule has 0 bridgehead atoms. The quantitative estimate of drug-likeness (QED) is 0.558. The Morgan fingerprint density at radius 3 is 2.68 bits per heavy atom. The monoisotopic (exact) mass is 303 g/mol. The van der Waals surface area contributed by atoms with Crippen molar-refractivity contribution in [2.24, 2.45) is 0 Å². The minimum absolute atomic E-state index is 0.166. The van der Waals surface area contributed by atoms with Gasteiger partial charge in [-0.25, -0.2) is 4.79 Å². The molecule has 4 amide bonds. The highest BCUT2D eigenvalue weighted by atomic mass is 16.5. The predicted molar refractivity (Wildman–Crippen MR) is 71.2 cm³/mol. The number of carboxylic acid groups (broad SMARTS) is 1. The number of carbonyl (C=O) groups excluding carboxylic acids is 4. The number of rotatable bonds is 4. The minimum Gasteiger partial charge on any atom is -0.546 e. The third-order valence-corrected chi connectivity index (χ3v) is 2.87. The van der Waals surface area contributed by atoms with Crippen molar-refractivity contribution in [3.8, 4) is 5.75 Å². The van der Waals surface area contributed by atoms with Crippen LogP contribution in [0.1, 0.15) is 5.56 Å². The van der Waals surface area contributed by atoms with Gasteiger partial charge in [0.05, 0.1) is 5.97 Å². The van der Waals surface area contributed by atoms with E-state index in [2.05, 4.69) is 0 Å². The zero-order chi connectivity index (χ0) is 16.3. The summed E-state index contributed by atoms with van der Waals surface area (Å²) >= 11 is 0. The molecule has 1 aliphatic heterocycles. The number of hydrogen-bond donors (Lipinski definition) is 1. The first-order valence-corrected chi connectivity index (χ1v) is 6.17. The Morgan fingerprint density at radius 1 is 1.32 bits per heavy atom. The minimum atomic E-state index is -1.40. The van der Waals surface area contributed by atoms with Gasteiger partial charge in [-0.1, -0.05) is 18.2 Å². The fourth-order valence-electron chi connectivity index (χ4n) is 1.77. The lowest BCUT2D eigenvalue weighted by atomic mass is 10.1. The number of carbonyl (C=O) groups is 4. The van der Waals surface area contributed by atoms with E-state index in [4.69, 9.17) is 4.74 Å². The number of nitrogens with one attached hydrogen (secondary N) is 1. The van der Waals surface area contributed by atoms with Crippen molar-refractivity contribution in [1.29, 1.82) is 0 Å². The van der Waals surface area contributed by atoms with Gasteiger partial charge in [0, 0.05) is 12.6 Å². The van der Waals surface area contributed by atoms with Gasteiger partial charge in [-0.05, 0) is 12.1 Å². The summed E-state index contributed by atoms with van der Waals surface area (Å²) in [6, 6.07) is 5.43. The second-order valence-corrected chi connectivity index (χ2v) is 4.38. The number of urea groups is 1. The van der Waals surface area contributed by atoms with Crippen LogP contribution in [0.5, 0.6) is 5.75 Å². The first-order chi connectivity index (χ1) is 10.4. The molecule has 1 aliphatic rings. The molecule has 1 aromatic carbocycles. The molecule has 0 spiro atoms. The van der Waals surface area contributed by atoms with Gasteiger partial charge in [0.1, 0.15) is 17.9 Å². The van der Waals surface area contributed by atoms with E-state index >= 15 is 0 Å². The van der Waals surface area contributed by atoms with Gasteiger partial charge in [-0.2, -0.15) is 0 Å². The Kier molecular flexibility index (Phi) is 4.21. The fourth-order valence-corrected chi connectivity index (χ4v) is 1.77. The molecule has 8 nitrogen and oxygen atoms in total. The number of imide groups is 2. The van der Waals surface area contributed by atoms with Crippen LogP contribution in [0.25, 0.3) is 6.08 Å². The number of barbiturate groups is 1. The first kappa shape index (κ1) is 15.2. The van der Waals surface area contributed by atoms with Crippen LogP contribution in [0.3, 0.4) is 0 Å². The van der Waals surface area contributed by atoms with Gasteiger partial charge in [-0.15, -0.1) is 0 Å². The maximum Gasteiger partial charge on any atom is 0.331 e. The number of hydrogen-bond acceptors (Lipinski definition) is 6. The molecule has 22 heavy (non-hydrogen) atoms. The van der Waals surface area contributed by atoms with Crippen molar-refractivity contribution in [2.45, 2.75) is 0 Å². The average molecular weight is 303 g/mol. The summed E-state index contributed by atoms with van der Waals surface area (Å²) in [5.41, 5.74) is 0.0663. The van der Waals surface area contributed by atoms with Crippen LogP contribution >= 0.6 is 0 Å². The van der Waals surface area contributed by atoms with E-state index in [1.807, 2.05) is 5.32 Å². The Morgan fingerprint density at radius 2 is 2.00 bits per heavy atom. The van der Waals surface area contributed by atoms with Gasteiger partial charge < -0.3 is 14.6 Å². The zero-order valence-electron chi connectivity index (χ0n) is 11.5. The number of likely N-dealkylation sites (N-methyl/N-ethyl adjacent to an activating group) is 1. The summed E-state index contributed by atoms with van der Waals surface area (Å²) in [4.78, 5) is 46.2. The molecule has 1 aromatic rings. The van der Waals surface area contributed by atoms with Gasteiger partial charge >= 0.3 is 6.03 Å². The molecule has 1 N–H and O–H groups in total. The molecule has 0 atom stereocenters. The lowest BCUT2D eigenvalue weighted by Gasteiger charge is -2.22. The second-order valence-electron chi connectivity index (χ2n) is 4.38. The summed E-state index contributed by atoms with van der Waals surface area (Å²) in [6.07, 6.45) is 1.23. The highest BCUT2D eigenvalue weighted by molar-refractivity contribution is 6.30. The molecule has 0 aliphatic carbocycles. The number of ether oxygens (including phenoxy) is 1. The molecule has 1 fully saturated rings. The van der Waals surface area contributed by atoms with Crippen LogP contribution in [-0.2, 0) is 14.4 Å². The highest BCUT2D eigenvalue weighted by Crippen LogP contribution is 2.22. The SMILES string of the molecule is CN1C(=O)NC(=O)/C(=C/c2ccccc2OCC(=O)[O-])C1=O. The lowest BCUT2D eigenvalue weighted by Crippen LogP contribution is -2.52. The first-order valence-electron chi connectivity index (χ1n) is 6.17. The van der Waals surface area contributed by atoms with E-state index in [0.29, 0.717) is 5.56 Å². The number of para-hydroxylation sites is 1. The highest BCUT2D eigenvalue weighted by Gasteiger charge is 2.33. The zero-order valence-corrected chi connectivity index (χ0v) is 11.5. The van der Waals surface area contributed by atoms with Gasteiger partial charge in [0.2, 0.25) is 0 Å². The standard InChI is InChI=1S/C14H12N2O6/c1-16-13(20)9(12(19)15-14(16)21)6-8-4-2-3-5-10(8)22-7-11(17)18/h2-6H,7H2,1H3,(H,17,18)(H,15,19,21)/p-1/b9-6-. The Hall–Kier alpha value is -3.16. The third kappa shape index (κ3) is 3.11. The summed E-state index contributed by atoms with van der Waals surface area (Å²) in [7, 11) is 1.23. The lowest BCUT2D eigenvalue weighted by molar-refractivity contribution is -0.307. The summed E-state index contributed by atoms with van der Waals surface area (Å²) < 4.78 is 5.03. The summed E-state index contributed by atoms with van der Waals surface area (Å²) in [5, 5.41) is 12.5. The maximum atomic E-state index is 12.0. The third-order valence-electron chi connectivity index (χ3n) is 2.87. The van der Waals surface area contributed by atoms with Crippen LogP contribution < -0.4 is 15.2 Å². The van der Waals surface area contributed by atoms with E-state index in [1.54, 1.807) is 12.1 Å². The number of carboxylic acids is 1. The van der Waals surface area contributed by atoms with Crippen LogP contribution in [0.4, 0.5) is 4.79 Å². The van der Waals surface area contributed by atoms with Crippen LogP contribution in [-0.4, -0.2) is 42.4 Å². The smallest absolute Gasteiger partial charge is 0.331 e. The van der Waals surface area contributed by atoms with Crippen LogP contribution in [0.15, 0.2) is 29.8 Å². The van der Waals surface area contributed by atoms with Crippen molar-refractivity contribution in [2.75, 3.05) is 13.7 Å². The average Bonchev–Trinajstić information content (AvgIpc) is 2.48. The Bertz CT molecular complexity index is 694. The molecule has 1 heterocycles. The predicted octanol–water partition coefficient (Wildman–Crippen LogP) is -1.09. The molecule has 0 unspecified atom stereocenters. The van der Waals surface area contributed by atoms with Crippen molar-refractivity contribution < 1.29 is 29.0 Å². The molecular formula is C14H11N2O6-. The summed E-state index contributed by atoms with van der Waals surface area (Å²) in [5.74, 6) is -2.83. The molecule has 114 valence electrons. The van der Waals surface area contributed by atoms with E-state index < -0.39 is 30.4 Å². The van der Waals surface area contributed by atoms with Gasteiger partial charge in [0.15, 0.2) is 0 Å². The van der Waals surface area contributed by atoms with Gasteiger partial charge in [0.25, 0.3) is 11.8 Å². The second kappa shape index (κ2) is 6.08. The molecular weight excluding hydrogens is 292 g/mol. The van der Waals surface area contributed by atoms with E-state index in [9.17, 15) is 24.3 Å². The van der Waals surface area contributed by atoms with Crippen molar-refractivity contribution >= 4 is 29.9 Å². The normalized spacial score (nSPS) is 16.7.